The fourth-order valence-corrected chi connectivity index (χ4v) is 2.37. The Balaban J connectivity index is 0.00000576. The number of carbonyl (C=O) groups is 2. The van der Waals surface area contributed by atoms with E-state index in [1.54, 1.807) is 24.3 Å². The van der Waals surface area contributed by atoms with Crippen molar-refractivity contribution in [2.24, 2.45) is 11.7 Å². The van der Waals surface area contributed by atoms with Gasteiger partial charge in [-0.1, -0.05) is 26.0 Å². The molecule has 6 nitrogen and oxygen atoms in total. The van der Waals surface area contributed by atoms with Crippen molar-refractivity contribution in [3.05, 3.63) is 29.8 Å². The second-order valence-corrected chi connectivity index (χ2v) is 6.20. The highest BCUT2D eigenvalue weighted by Gasteiger charge is 2.13. The van der Waals surface area contributed by atoms with E-state index in [2.05, 4.69) is 24.5 Å². The zero-order valence-electron chi connectivity index (χ0n) is 15.2. The second kappa shape index (κ2) is 12.7. The number of para-hydroxylation sites is 1. The van der Waals surface area contributed by atoms with Gasteiger partial charge in [0.2, 0.25) is 5.91 Å². The van der Waals surface area contributed by atoms with Crippen LogP contribution in [0.15, 0.2) is 24.3 Å². The highest BCUT2D eigenvalue weighted by atomic mass is 35.5. The number of rotatable bonds is 10. The van der Waals surface area contributed by atoms with Crippen molar-refractivity contribution in [3.63, 3.8) is 0 Å². The first-order valence-electron chi connectivity index (χ1n) is 8.42. The van der Waals surface area contributed by atoms with Crippen molar-refractivity contribution in [1.82, 2.24) is 5.32 Å². The average molecular weight is 372 g/mol. The Labute approximate surface area is 156 Å². The van der Waals surface area contributed by atoms with E-state index in [0.29, 0.717) is 36.9 Å². The van der Waals surface area contributed by atoms with Crippen molar-refractivity contribution >= 4 is 29.9 Å². The standard InChI is InChI=1S/C18H29N3O3.ClH/c1-13(2)12-14(3)24-11-8-17(22)21-16-7-5-4-6-15(16)18(23)20-10-9-19;/h4-7,13-14H,8-12,19H2,1-3H3,(H,20,23)(H,21,22);1H. The fourth-order valence-electron chi connectivity index (χ4n) is 2.37. The van der Waals surface area contributed by atoms with E-state index in [1.807, 2.05) is 6.92 Å². The van der Waals surface area contributed by atoms with E-state index in [9.17, 15) is 9.59 Å². The monoisotopic (exact) mass is 371 g/mol. The maximum atomic E-state index is 12.1. The predicted molar refractivity (Wildman–Crippen MR) is 103 cm³/mol. The summed E-state index contributed by atoms with van der Waals surface area (Å²) in [6, 6.07) is 6.90. The molecular weight excluding hydrogens is 342 g/mol. The highest BCUT2D eigenvalue weighted by Crippen LogP contribution is 2.15. The Morgan fingerprint density at radius 1 is 1.20 bits per heavy atom. The summed E-state index contributed by atoms with van der Waals surface area (Å²) in [5, 5.41) is 5.47. The first-order chi connectivity index (χ1) is 11.4. The number of carbonyl (C=O) groups excluding carboxylic acids is 2. The number of nitrogens with one attached hydrogen (secondary N) is 2. The zero-order valence-corrected chi connectivity index (χ0v) is 16.0. The molecular formula is C18H30ClN3O3. The van der Waals surface area contributed by atoms with E-state index in [-0.39, 0.29) is 36.7 Å². The van der Waals surface area contributed by atoms with Gasteiger partial charge in [-0.2, -0.15) is 0 Å². The molecule has 4 N–H and O–H groups in total. The van der Waals surface area contributed by atoms with Crippen LogP contribution in [0.25, 0.3) is 0 Å². The van der Waals surface area contributed by atoms with Crippen LogP contribution >= 0.6 is 12.4 Å². The molecule has 1 aromatic rings. The van der Waals surface area contributed by atoms with Gasteiger partial charge in [-0.15, -0.1) is 12.4 Å². The zero-order chi connectivity index (χ0) is 17.9. The van der Waals surface area contributed by atoms with Crippen molar-refractivity contribution in [3.8, 4) is 0 Å². The van der Waals surface area contributed by atoms with Crippen LogP contribution in [0.3, 0.4) is 0 Å². The van der Waals surface area contributed by atoms with Gasteiger partial charge in [-0.05, 0) is 31.4 Å². The van der Waals surface area contributed by atoms with Crippen LogP contribution in [0.2, 0.25) is 0 Å². The molecule has 0 aliphatic heterocycles. The maximum Gasteiger partial charge on any atom is 0.253 e. The number of benzene rings is 1. The molecule has 0 saturated carbocycles. The predicted octanol–water partition coefficient (Wildman–Crippen LogP) is 2.58. The van der Waals surface area contributed by atoms with Crippen LogP contribution < -0.4 is 16.4 Å². The molecule has 1 unspecified atom stereocenters. The van der Waals surface area contributed by atoms with Crippen LogP contribution in [-0.2, 0) is 9.53 Å². The Bertz CT molecular complexity index is 538. The number of ether oxygens (including phenoxy) is 1. The Morgan fingerprint density at radius 3 is 2.52 bits per heavy atom. The van der Waals surface area contributed by atoms with Crippen molar-refractivity contribution in [1.29, 1.82) is 0 Å². The van der Waals surface area contributed by atoms with E-state index >= 15 is 0 Å². The van der Waals surface area contributed by atoms with Gasteiger partial charge in [0.25, 0.3) is 5.91 Å². The molecule has 2 amide bonds. The van der Waals surface area contributed by atoms with Gasteiger partial charge in [0.05, 0.1) is 30.4 Å². The lowest BCUT2D eigenvalue weighted by Crippen LogP contribution is -2.30. The molecule has 0 aromatic heterocycles. The van der Waals surface area contributed by atoms with Gasteiger partial charge < -0.3 is 21.1 Å². The Hall–Kier alpha value is -1.63. The summed E-state index contributed by atoms with van der Waals surface area (Å²) >= 11 is 0. The van der Waals surface area contributed by atoms with Gasteiger partial charge in [0, 0.05) is 13.1 Å². The molecule has 1 rings (SSSR count). The van der Waals surface area contributed by atoms with E-state index in [4.69, 9.17) is 10.5 Å². The molecule has 0 spiro atoms. The Kier molecular flexibility index (Phi) is 11.9. The lowest BCUT2D eigenvalue weighted by molar-refractivity contribution is -0.117. The Morgan fingerprint density at radius 2 is 1.88 bits per heavy atom. The van der Waals surface area contributed by atoms with E-state index in [1.165, 1.54) is 0 Å². The van der Waals surface area contributed by atoms with Crippen LogP contribution in [-0.4, -0.2) is 37.6 Å². The SMILES string of the molecule is CC(C)CC(C)OCCC(=O)Nc1ccccc1C(=O)NCCN.Cl. The van der Waals surface area contributed by atoms with Gasteiger partial charge in [0.1, 0.15) is 0 Å². The van der Waals surface area contributed by atoms with E-state index < -0.39 is 0 Å². The third kappa shape index (κ3) is 9.43. The molecule has 0 heterocycles. The topological polar surface area (TPSA) is 93.4 Å². The van der Waals surface area contributed by atoms with E-state index in [0.717, 1.165) is 6.42 Å². The second-order valence-electron chi connectivity index (χ2n) is 6.20. The summed E-state index contributed by atoms with van der Waals surface area (Å²) in [5.74, 6) is 0.136. The number of amides is 2. The molecule has 0 aliphatic carbocycles. The summed E-state index contributed by atoms with van der Waals surface area (Å²) in [7, 11) is 0. The van der Waals surface area contributed by atoms with Crippen LogP contribution in [0.1, 0.15) is 44.0 Å². The molecule has 0 fully saturated rings. The largest absolute Gasteiger partial charge is 0.378 e. The highest BCUT2D eigenvalue weighted by molar-refractivity contribution is 6.03. The first kappa shape index (κ1) is 23.4. The van der Waals surface area contributed by atoms with Gasteiger partial charge in [0.15, 0.2) is 0 Å². The maximum absolute atomic E-state index is 12.1. The van der Waals surface area contributed by atoms with Crippen LogP contribution in [0, 0.1) is 5.92 Å². The van der Waals surface area contributed by atoms with Crippen LogP contribution in [0.5, 0.6) is 0 Å². The average Bonchev–Trinajstić information content (AvgIpc) is 2.52. The molecule has 25 heavy (non-hydrogen) atoms. The minimum absolute atomic E-state index is 0. The lowest BCUT2D eigenvalue weighted by atomic mass is 10.1. The molecule has 0 aliphatic rings. The van der Waals surface area contributed by atoms with Gasteiger partial charge in [-0.3, -0.25) is 9.59 Å². The molecule has 0 bridgehead atoms. The summed E-state index contributed by atoms with van der Waals surface area (Å²) in [6.45, 7) is 7.41. The molecule has 0 radical (unpaired) electrons. The summed E-state index contributed by atoms with van der Waals surface area (Å²) in [6.07, 6.45) is 1.35. The number of anilines is 1. The van der Waals surface area contributed by atoms with Gasteiger partial charge in [-0.25, -0.2) is 0 Å². The lowest BCUT2D eigenvalue weighted by Gasteiger charge is -2.15. The molecule has 0 saturated heterocycles. The number of hydrogen-bond donors (Lipinski definition) is 3. The summed E-state index contributed by atoms with van der Waals surface area (Å²) in [5.41, 5.74) is 6.30. The van der Waals surface area contributed by atoms with Crippen molar-refractivity contribution < 1.29 is 14.3 Å². The quantitative estimate of drug-likeness (QED) is 0.589. The minimum atomic E-state index is -0.252. The fraction of sp³-hybridized carbons (Fsp3) is 0.556. The molecule has 7 heteroatoms. The smallest absolute Gasteiger partial charge is 0.253 e. The van der Waals surface area contributed by atoms with Crippen LogP contribution in [0.4, 0.5) is 5.69 Å². The summed E-state index contributed by atoms with van der Waals surface area (Å²) in [4.78, 5) is 24.1. The minimum Gasteiger partial charge on any atom is -0.378 e. The molecule has 1 aromatic carbocycles. The summed E-state index contributed by atoms with van der Waals surface area (Å²) < 4.78 is 5.64. The van der Waals surface area contributed by atoms with Gasteiger partial charge >= 0.3 is 0 Å². The third-order valence-electron chi connectivity index (χ3n) is 3.41. The third-order valence-corrected chi connectivity index (χ3v) is 3.41. The molecule has 142 valence electrons. The molecule has 1 atom stereocenters. The number of nitrogens with two attached hydrogens (primary N) is 1. The van der Waals surface area contributed by atoms with Crippen molar-refractivity contribution in [2.75, 3.05) is 25.0 Å². The van der Waals surface area contributed by atoms with Crippen molar-refractivity contribution in [2.45, 2.75) is 39.7 Å². The first-order valence-corrected chi connectivity index (χ1v) is 8.42. The normalized spacial score (nSPS) is 11.6. The number of hydrogen-bond acceptors (Lipinski definition) is 4. The number of halogens is 1.